The van der Waals surface area contributed by atoms with Crippen LogP contribution in [0.2, 0.25) is 0 Å². The number of H-pyrrole nitrogens is 1. The zero-order valence-electron chi connectivity index (χ0n) is 14.7. The number of anilines is 1. The minimum atomic E-state index is -0.0921. The first kappa shape index (κ1) is 17.5. The number of benzene rings is 1. The van der Waals surface area contributed by atoms with Crippen molar-refractivity contribution in [2.24, 2.45) is 0 Å². The second-order valence-corrected chi connectivity index (χ2v) is 7.34. The van der Waals surface area contributed by atoms with Gasteiger partial charge in [0.1, 0.15) is 5.82 Å². The lowest BCUT2D eigenvalue weighted by molar-refractivity contribution is 0.0716. The summed E-state index contributed by atoms with van der Waals surface area (Å²) in [5, 5.41) is 3.42. The highest BCUT2D eigenvalue weighted by molar-refractivity contribution is 7.71. The number of nitrogens with zero attached hydrogens (tertiary/aromatic N) is 2. The molecule has 26 heavy (non-hydrogen) atoms. The van der Waals surface area contributed by atoms with E-state index in [1.807, 2.05) is 22.8 Å². The Morgan fingerprint density at radius 1 is 1.27 bits per heavy atom. The summed E-state index contributed by atoms with van der Waals surface area (Å²) in [6.07, 6.45) is 3.37. The fourth-order valence-corrected chi connectivity index (χ4v) is 4.01. The molecule has 2 aliphatic heterocycles. The van der Waals surface area contributed by atoms with Gasteiger partial charge in [0, 0.05) is 26.2 Å². The lowest BCUT2D eigenvalue weighted by Crippen LogP contribution is -2.42. The van der Waals surface area contributed by atoms with Gasteiger partial charge in [-0.15, -0.1) is 0 Å². The Bertz CT molecular complexity index is 871. The van der Waals surface area contributed by atoms with Crippen molar-refractivity contribution in [3.63, 3.8) is 0 Å². The minimum absolute atomic E-state index is 0.0921. The fourth-order valence-electron chi connectivity index (χ4n) is 3.73. The molecule has 4 rings (SSSR count). The molecule has 0 amide bonds. The van der Waals surface area contributed by atoms with E-state index >= 15 is 0 Å². The smallest absolute Gasteiger partial charge is 0.258 e. The number of aromatic amines is 1. The Morgan fingerprint density at radius 3 is 2.88 bits per heavy atom. The third-order valence-corrected chi connectivity index (χ3v) is 5.42. The third kappa shape index (κ3) is 3.75. The minimum Gasteiger partial charge on any atom is -0.377 e. The maximum Gasteiger partial charge on any atom is 0.258 e. The molecule has 0 spiro atoms. The van der Waals surface area contributed by atoms with Crippen LogP contribution in [-0.4, -0.2) is 40.4 Å². The van der Waals surface area contributed by atoms with Gasteiger partial charge in [0.15, 0.2) is 4.77 Å². The molecule has 138 valence electrons. The average molecular weight is 372 g/mol. The van der Waals surface area contributed by atoms with Crippen LogP contribution in [0.1, 0.15) is 24.0 Å². The first-order valence-electron chi connectivity index (χ1n) is 9.18. The zero-order chi connectivity index (χ0) is 17.9. The van der Waals surface area contributed by atoms with E-state index in [-0.39, 0.29) is 11.7 Å². The summed E-state index contributed by atoms with van der Waals surface area (Å²) in [6, 6.07) is 10.3. The molecule has 0 bridgehead atoms. The van der Waals surface area contributed by atoms with Gasteiger partial charge >= 0.3 is 0 Å². The number of fused-ring (bicyclic) bond motifs is 1. The Kier molecular flexibility index (Phi) is 5.19. The molecule has 0 radical (unpaired) electrons. The molecule has 0 saturated carbocycles. The summed E-state index contributed by atoms with van der Waals surface area (Å²) in [4.78, 5) is 17.5. The molecule has 3 heterocycles. The molecule has 2 aliphatic rings. The molecule has 0 aliphatic carbocycles. The summed E-state index contributed by atoms with van der Waals surface area (Å²) >= 11 is 5.42. The van der Waals surface area contributed by atoms with E-state index in [1.165, 1.54) is 5.56 Å². The van der Waals surface area contributed by atoms with Gasteiger partial charge in [0.2, 0.25) is 0 Å². The van der Waals surface area contributed by atoms with Crippen molar-refractivity contribution in [2.75, 3.05) is 25.1 Å². The van der Waals surface area contributed by atoms with Crippen molar-refractivity contribution in [1.82, 2.24) is 14.5 Å². The van der Waals surface area contributed by atoms with E-state index in [0.717, 1.165) is 50.3 Å². The zero-order valence-corrected chi connectivity index (χ0v) is 15.6. The molecule has 1 aromatic carbocycles. The summed E-state index contributed by atoms with van der Waals surface area (Å²) in [5.74, 6) is 0.860. The van der Waals surface area contributed by atoms with E-state index in [4.69, 9.17) is 17.0 Å². The molecule has 1 saturated heterocycles. The maximum atomic E-state index is 12.5. The summed E-state index contributed by atoms with van der Waals surface area (Å²) < 4.78 is 8.22. The van der Waals surface area contributed by atoms with Crippen LogP contribution in [0, 0.1) is 4.77 Å². The fraction of sp³-hybridized carbons (Fsp3) is 0.474. The van der Waals surface area contributed by atoms with E-state index < -0.39 is 0 Å². The quantitative estimate of drug-likeness (QED) is 0.790. The SMILES string of the molecule is O=c1[nH]c(=S)n(CCc2ccccc2)c2c1CN(C[C@H]1CCCO1)CN2. The first-order valence-corrected chi connectivity index (χ1v) is 9.59. The van der Waals surface area contributed by atoms with Crippen LogP contribution < -0.4 is 10.9 Å². The summed E-state index contributed by atoms with van der Waals surface area (Å²) in [5.41, 5.74) is 1.92. The summed E-state index contributed by atoms with van der Waals surface area (Å²) in [7, 11) is 0. The predicted molar refractivity (Wildman–Crippen MR) is 104 cm³/mol. The van der Waals surface area contributed by atoms with Gasteiger partial charge in [-0.2, -0.15) is 0 Å². The van der Waals surface area contributed by atoms with E-state index in [1.54, 1.807) is 0 Å². The lowest BCUT2D eigenvalue weighted by atomic mass is 10.1. The number of hydrogen-bond donors (Lipinski definition) is 2. The number of rotatable bonds is 5. The highest BCUT2D eigenvalue weighted by atomic mass is 32.1. The van der Waals surface area contributed by atoms with Gasteiger partial charge in [-0.3, -0.25) is 14.7 Å². The number of ether oxygens (including phenoxy) is 1. The molecular weight excluding hydrogens is 348 g/mol. The summed E-state index contributed by atoms with van der Waals surface area (Å²) in [6.45, 7) is 3.77. The van der Waals surface area contributed by atoms with Crippen LogP contribution >= 0.6 is 12.2 Å². The molecule has 2 aromatic rings. The number of aryl methyl sites for hydroxylation is 1. The highest BCUT2D eigenvalue weighted by Crippen LogP contribution is 2.22. The Hall–Kier alpha value is -1.96. The number of hydrogen-bond acceptors (Lipinski definition) is 5. The highest BCUT2D eigenvalue weighted by Gasteiger charge is 2.25. The Balaban J connectivity index is 1.53. The van der Waals surface area contributed by atoms with Crippen molar-refractivity contribution in [2.45, 2.75) is 38.5 Å². The van der Waals surface area contributed by atoms with E-state index in [0.29, 0.717) is 18.0 Å². The van der Waals surface area contributed by atoms with Crippen molar-refractivity contribution >= 4 is 18.0 Å². The van der Waals surface area contributed by atoms with Gasteiger partial charge in [-0.1, -0.05) is 30.3 Å². The number of aromatic nitrogens is 2. The Morgan fingerprint density at radius 2 is 2.12 bits per heavy atom. The van der Waals surface area contributed by atoms with Crippen LogP contribution in [-0.2, 0) is 24.2 Å². The van der Waals surface area contributed by atoms with Crippen LogP contribution in [0.25, 0.3) is 0 Å². The second-order valence-electron chi connectivity index (χ2n) is 6.96. The topological polar surface area (TPSA) is 62.3 Å². The molecular formula is C19H24N4O2S. The van der Waals surface area contributed by atoms with Crippen molar-refractivity contribution in [3.8, 4) is 0 Å². The largest absolute Gasteiger partial charge is 0.377 e. The van der Waals surface area contributed by atoms with Gasteiger partial charge in [-0.25, -0.2) is 0 Å². The van der Waals surface area contributed by atoms with Crippen LogP contribution in [0.4, 0.5) is 5.82 Å². The van der Waals surface area contributed by atoms with Crippen molar-refractivity contribution < 1.29 is 4.74 Å². The van der Waals surface area contributed by atoms with Crippen LogP contribution in [0.3, 0.4) is 0 Å². The van der Waals surface area contributed by atoms with Crippen molar-refractivity contribution in [1.29, 1.82) is 0 Å². The average Bonchev–Trinajstić information content (AvgIpc) is 3.16. The number of nitrogens with one attached hydrogen (secondary N) is 2. The predicted octanol–water partition coefficient (Wildman–Crippen LogP) is 2.51. The molecule has 1 aromatic heterocycles. The third-order valence-electron chi connectivity index (χ3n) is 5.10. The maximum absolute atomic E-state index is 12.5. The van der Waals surface area contributed by atoms with E-state index in [2.05, 4.69) is 27.3 Å². The van der Waals surface area contributed by atoms with Crippen molar-refractivity contribution in [3.05, 3.63) is 56.6 Å². The second kappa shape index (κ2) is 7.73. The Labute approximate surface area is 157 Å². The van der Waals surface area contributed by atoms with Crippen LogP contribution in [0.15, 0.2) is 35.1 Å². The lowest BCUT2D eigenvalue weighted by Gasteiger charge is -2.32. The standard InChI is InChI=1S/C19H24N4O2S/c24-18-16-12-22(11-15-7-4-10-25-15)13-20-17(16)23(19(26)21-18)9-8-14-5-2-1-3-6-14/h1-3,5-6,15,20H,4,7-13H2,(H,21,24,26)/t15-/m1/s1. The molecule has 1 fully saturated rings. The van der Waals surface area contributed by atoms with Gasteiger partial charge < -0.3 is 14.6 Å². The molecule has 7 heteroatoms. The van der Waals surface area contributed by atoms with E-state index in [9.17, 15) is 4.79 Å². The molecule has 0 unspecified atom stereocenters. The van der Waals surface area contributed by atoms with Crippen LogP contribution in [0.5, 0.6) is 0 Å². The first-order chi connectivity index (χ1) is 12.7. The van der Waals surface area contributed by atoms with Gasteiger partial charge in [0.05, 0.1) is 18.3 Å². The molecule has 2 N–H and O–H groups in total. The normalized spacial score (nSPS) is 19.9. The van der Waals surface area contributed by atoms with Gasteiger partial charge in [0.25, 0.3) is 5.56 Å². The van der Waals surface area contributed by atoms with Gasteiger partial charge in [-0.05, 0) is 37.0 Å². The molecule has 6 nitrogen and oxygen atoms in total. The monoisotopic (exact) mass is 372 g/mol. The molecule has 1 atom stereocenters.